The van der Waals surface area contributed by atoms with E-state index in [-0.39, 0.29) is 4.90 Å². The second kappa shape index (κ2) is 12.2. The first-order chi connectivity index (χ1) is 16.0. The first kappa shape index (κ1) is 24.5. The van der Waals surface area contributed by atoms with Crippen molar-refractivity contribution in [3.05, 3.63) is 114 Å². The Bertz CT molecular complexity index is 1110. The molecule has 0 aliphatic rings. The van der Waals surface area contributed by atoms with Gasteiger partial charge < -0.3 is 4.90 Å². The zero-order valence-corrected chi connectivity index (χ0v) is 20.2. The molecule has 0 aliphatic carbocycles. The molecule has 0 saturated heterocycles. The summed E-state index contributed by atoms with van der Waals surface area (Å²) in [4.78, 5) is 2.23. The van der Waals surface area contributed by atoms with Crippen LogP contribution >= 0.6 is 0 Å². The minimum absolute atomic E-state index is 0.201. The Balaban J connectivity index is 2.02. The number of unbranched alkanes of at least 4 members (excludes halogenated alkanes) is 2. The lowest BCUT2D eigenvalue weighted by Gasteiger charge is -2.25. The average molecular weight is 461 g/mol. The van der Waals surface area contributed by atoms with Crippen molar-refractivity contribution >= 4 is 15.9 Å². The van der Waals surface area contributed by atoms with E-state index in [0.29, 0.717) is 18.9 Å². The highest BCUT2D eigenvalue weighted by atomic mass is 32.2. The molecule has 0 heterocycles. The molecule has 5 heteroatoms. The SMILES string of the molecule is CCCC/C=C/C(=N\S(=O)(=O)c1ccc(C)cc1)N(Cc1ccccc1)Cc1ccccc1. The number of allylic oxidation sites excluding steroid dienone is 1. The molecule has 0 spiro atoms. The van der Waals surface area contributed by atoms with Gasteiger partial charge in [0.2, 0.25) is 0 Å². The second-order valence-corrected chi connectivity index (χ2v) is 9.71. The van der Waals surface area contributed by atoms with Gasteiger partial charge in [-0.3, -0.25) is 0 Å². The molecule has 0 atom stereocenters. The number of hydrogen-bond acceptors (Lipinski definition) is 2. The highest BCUT2D eigenvalue weighted by molar-refractivity contribution is 7.90. The smallest absolute Gasteiger partial charge is 0.284 e. The number of nitrogens with zero attached hydrogens (tertiary/aromatic N) is 2. The normalized spacial score (nSPS) is 12.2. The van der Waals surface area contributed by atoms with E-state index in [1.165, 1.54) is 0 Å². The topological polar surface area (TPSA) is 49.7 Å². The largest absolute Gasteiger partial charge is 0.347 e. The highest BCUT2D eigenvalue weighted by Crippen LogP contribution is 2.17. The van der Waals surface area contributed by atoms with Crippen LogP contribution in [-0.2, 0) is 23.1 Å². The minimum Gasteiger partial charge on any atom is -0.347 e. The third-order valence-electron chi connectivity index (χ3n) is 5.28. The highest BCUT2D eigenvalue weighted by Gasteiger charge is 2.18. The van der Waals surface area contributed by atoms with Crippen LogP contribution in [0.1, 0.15) is 42.9 Å². The summed E-state index contributed by atoms with van der Waals surface area (Å²) < 4.78 is 30.7. The van der Waals surface area contributed by atoms with E-state index in [9.17, 15) is 8.42 Å². The monoisotopic (exact) mass is 460 g/mol. The summed E-state index contributed by atoms with van der Waals surface area (Å²) in [6, 6.07) is 26.9. The quantitative estimate of drug-likeness (QED) is 0.196. The van der Waals surface area contributed by atoms with Gasteiger partial charge in [-0.2, -0.15) is 8.42 Å². The number of sulfonamides is 1. The van der Waals surface area contributed by atoms with Crippen molar-refractivity contribution in [3.8, 4) is 0 Å². The molecule has 0 amide bonds. The molecular weight excluding hydrogens is 428 g/mol. The molecule has 0 radical (unpaired) electrons. The van der Waals surface area contributed by atoms with Gasteiger partial charge >= 0.3 is 0 Å². The average Bonchev–Trinajstić information content (AvgIpc) is 2.82. The molecule has 0 aromatic heterocycles. The van der Waals surface area contributed by atoms with Crippen LogP contribution in [0.3, 0.4) is 0 Å². The fraction of sp³-hybridized carbons (Fsp3) is 0.250. The van der Waals surface area contributed by atoms with Crippen LogP contribution in [-0.4, -0.2) is 19.2 Å². The molecule has 0 bridgehead atoms. The van der Waals surface area contributed by atoms with Gasteiger partial charge in [-0.05, 0) is 42.7 Å². The van der Waals surface area contributed by atoms with Crippen molar-refractivity contribution in [2.45, 2.75) is 51.1 Å². The van der Waals surface area contributed by atoms with Crippen molar-refractivity contribution in [2.75, 3.05) is 0 Å². The first-order valence-electron chi connectivity index (χ1n) is 11.4. The Morgan fingerprint density at radius 1 is 0.848 bits per heavy atom. The summed E-state index contributed by atoms with van der Waals surface area (Å²) in [6.45, 7) is 5.18. The lowest BCUT2D eigenvalue weighted by atomic mass is 10.1. The van der Waals surface area contributed by atoms with Crippen LogP contribution in [0, 0.1) is 6.92 Å². The van der Waals surface area contributed by atoms with Gasteiger partial charge in [-0.15, -0.1) is 4.40 Å². The molecule has 3 aromatic carbocycles. The number of benzene rings is 3. The van der Waals surface area contributed by atoms with Gasteiger partial charge in [0.1, 0.15) is 5.84 Å². The predicted octanol–water partition coefficient (Wildman–Crippen LogP) is 6.53. The Morgan fingerprint density at radius 3 is 1.91 bits per heavy atom. The third-order valence-corrected chi connectivity index (χ3v) is 6.58. The van der Waals surface area contributed by atoms with Crippen LogP contribution in [0.2, 0.25) is 0 Å². The third kappa shape index (κ3) is 7.72. The van der Waals surface area contributed by atoms with Crippen molar-refractivity contribution in [1.29, 1.82) is 0 Å². The van der Waals surface area contributed by atoms with Crippen molar-refractivity contribution < 1.29 is 8.42 Å². The zero-order chi connectivity index (χ0) is 23.5. The van der Waals surface area contributed by atoms with Crippen molar-refractivity contribution in [2.24, 2.45) is 4.40 Å². The van der Waals surface area contributed by atoms with E-state index in [0.717, 1.165) is 36.0 Å². The Labute approximate surface area is 198 Å². The van der Waals surface area contributed by atoms with E-state index >= 15 is 0 Å². The van der Waals surface area contributed by atoms with E-state index in [2.05, 4.69) is 11.3 Å². The van der Waals surface area contributed by atoms with E-state index < -0.39 is 10.0 Å². The molecule has 33 heavy (non-hydrogen) atoms. The maximum absolute atomic E-state index is 13.2. The molecular formula is C28H32N2O2S. The summed E-state index contributed by atoms with van der Waals surface area (Å²) in [7, 11) is -3.85. The van der Waals surface area contributed by atoms with Gasteiger partial charge in [0, 0.05) is 13.1 Å². The van der Waals surface area contributed by atoms with Gasteiger partial charge in [-0.25, -0.2) is 0 Å². The van der Waals surface area contributed by atoms with Gasteiger partial charge in [0.05, 0.1) is 4.90 Å². The minimum atomic E-state index is -3.85. The lowest BCUT2D eigenvalue weighted by molar-refractivity contribution is 0.409. The molecule has 0 unspecified atom stereocenters. The molecule has 0 aliphatic heterocycles. The summed E-state index contributed by atoms with van der Waals surface area (Å²) in [5, 5.41) is 0. The molecule has 0 saturated carbocycles. The van der Waals surface area contributed by atoms with Crippen LogP contribution in [0.25, 0.3) is 0 Å². The number of aryl methyl sites for hydroxylation is 1. The molecule has 4 nitrogen and oxygen atoms in total. The van der Waals surface area contributed by atoms with Gasteiger partial charge in [-0.1, -0.05) is 104 Å². The Hall–Kier alpha value is -3.18. The van der Waals surface area contributed by atoms with Crippen LogP contribution in [0.4, 0.5) is 0 Å². The number of amidine groups is 1. The van der Waals surface area contributed by atoms with E-state index in [1.54, 1.807) is 24.3 Å². The van der Waals surface area contributed by atoms with E-state index in [1.807, 2.05) is 84.6 Å². The number of hydrogen-bond donors (Lipinski definition) is 0. The maximum Gasteiger partial charge on any atom is 0.284 e. The molecule has 0 N–H and O–H groups in total. The van der Waals surface area contributed by atoms with E-state index in [4.69, 9.17) is 0 Å². The Morgan fingerprint density at radius 2 is 1.39 bits per heavy atom. The second-order valence-electron chi connectivity index (χ2n) is 8.11. The molecule has 3 aromatic rings. The number of rotatable bonds is 10. The van der Waals surface area contributed by atoms with Crippen LogP contribution < -0.4 is 0 Å². The molecule has 3 rings (SSSR count). The summed E-state index contributed by atoms with van der Waals surface area (Å²) >= 11 is 0. The zero-order valence-electron chi connectivity index (χ0n) is 19.4. The lowest BCUT2D eigenvalue weighted by Crippen LogP contribution is -2.29. The maximum atomic E-state index is 13.2. The predicted molar refractivity (Wildman–Crippen MR) is 137 cm³/mol. The molecule has 172 valence electrons. The van der Waals surface area contributed by atoms with Gasteiger partial charge in [0.15, 0.2) is 0 Å². The summed E-state index contributed by atoms with van der Waals surface area (Å²) in [5.41, 5.74) is 3.19. The summed E-state index contributed by atoms with van der Waals surface area (Å²) in [6.07, 6.45) is 6.88. The standard InChI is InChI=1S/C28H32N2O2S/c1-3-4-5-12-17-28(29-33(31,32)27-20-18-24(2)19-21-27)30(22-25-13-8-6-9-14-25)23-26-15-10-7-11-16-26/h6-21H,3-5,22-23H2,1-2H3/b17-12+,29-28+. The summed E-state index contributed by atoms with van der Waals surface area (Å²) in [5.74, 6) is 0.444. The van der Waals surface area contributed by atoms with Crippen molar-refractivity contribution in [3.63, 3.8) is 0 Å². The first-order valence-corrected chi connectivity index (χ1v) is 12.8. The van der Waals surface area contributed by atoms with Gasteiger partial charge in [0.25, 0.3) is 10.0 Å². The van der Waals surface area contributed by atoms with Crippen molar-refractivity contribution in [1.82, 2.24) is 4.90 Å². The van der Waals surface area contributed by atoms with Crippen LogP contribution in [0.15, 0.2) is 106 Å². The Kier molecular flexibility index (Phi) is 9.02. The fourth-order valence-electron chi connectivity index (χ4n) is 3.42. The fourth-order valence-corrected chi connectivity index (χ4v) is 4.42. The van der Waals surface area contributed by atoms with Crippen LogP contribution in [0.5, 0.6) is 0 Å². The molecule has 0 fully saturated rings.